The second-order valence-corrected chi connectivity index (χ2v) is 9.98. The molecule has 2 aromatic carbocycles. The lowest BCUT2D eigenvalue weighted by Crippen LogP contribution is -2.17. The van der Waals surface area contributed by atoms with Crippen LogP contribution in [0.5, 0.6) is 0 Å². The number of methoxy groups -OCH3 is 1. The number of thiazole rings is 1. The van der Waals surface area contributed by atoms with Crippen LogP contribution in [0, 0.1) is 0 Å². The molecule has 7 nitrogen and oxygen atoms in total. The zero-order chi connectivity index (χ0) is 22.6. The molecule has 0 saturated carbocycles. The number of fused-ring (bicyclic) bond motifs is 1. The van der Waals surface area contributed by atoms with Crippen molar-refractivity contribution in [1.29, 1.82) is 0 Å². The van der Waals surface area contributed by atoms with Crippen molar-refractivity contribution in [1.82, 2.24) is 4.57 Å². The van der Waals surface area contributed by atoms with Crippen LogP contribution in [0.25, 0.3) is 10.2 Å². The van der Waals surface area contributed by atoms with Crippen LogP contribution in [0.1, 0.15) is 22.8 Å². The summed E-state index contributed by atoms with van der Waals surface area (Å²) >= 11 is 1.29. The Kier molecular flexibility index (Phi) is 6.87. The summed E-state index contributed by atoms with van der Waals surface area (Å²) in [6.07, 6.45) is 1.75. The maximum Gasteiger partial charge on any atom is 0.337 e. The Morgan fingerprint density at radius 3 is 2.52 bits per heavy atom. The summed E-state index contributed by atoms with van der Waals surface area (Å²) in [6.45, 7) is 5.80. The first kappa shape index (κ1) is 22.6. The van der Waals surface area contributed by atoms with Crippen LogP contribution in [0.4, 0.5) is 0 Å². The molecule has 31 heavy (non-hydrogen) atoms. The number of ether oxygens (including phenoxy) is 1. The third-order valence-corrected chi connectivity index (χ3v) is 7.45. The van der Waals surface area contributed by atoms with Gasteiger partial charge < -0.3 is 9.30 Å². The summed E-state index contributed by atoms with van der Waals surface area (Å²) in [4.78, 5) is 29.4. The molecule has 0 aliphatic carbocycles. The van der Waals surface area contributed by atoms with Crippen molar-refractivity contribution in [2.75, 3.05) is 12.9 Å². The number of allylic oxidation sites excluding steroid dienone is 1. The highest BCUT2D eigenvalue weighted by Gasteiger charge is 2.13. The Morgan fingerprint density at radius 1 is 1.19 bits per heavy atom. The van der Waals surface area contributed by atoms with E-state index < -0.39 is 15.8 Å². The van der Waals surface area contributed by atoms with Crippen molar-refractivity contribution in [2.24, 2.45) is 4.99 Å². The van der Waals surface area contributed by atoms with Gasteiger partial charge in [-0.3, -0.25) is 4.79 Å². The minimum atomic E-state index is -3.28. The maximum atomic E-state index is 12.6. The molecule has 0 fully saturated rings. The predicted octanol–water partition coefficient (Wildman–Crippen LogP) is 3.14. The van der Waals surface area contributed by atoms with Gasteiger partial charge in [-0.2, -0.15) is 4.99 Å². The standard InChI is InChI=1S/C22H22N2O5S2/c1-4-12-24-18-11-8-16(21(26)29-3)14-19(18)30-22(24)23-20(25)13-15-6-9-17(10-7-15)31(27,28)5-2/h4,6-11,14H,1,5,12-13H2,2-3H3. The van der Waals surface area contributed by atoms with Crippen molar-refractivity contribution >= 4 is 43.3 Å². The van der Waals surface area contributed by atoms with E-state index in [-0.39, 0.29) is 23.0 Å². The molecule has 9 heteroatoms. The topological polar surface area (TPSA) is 94.8 Å². The zero-order valence-electron chi connectivity index (χ0n) is 17.2. The number of esters is 1. The number of aromatic nitrogens is 1. The maximum absolute atomic E-state index is 12.6. The second-order valence-electron chi connectivity index (χ2n) is 6.69. The first-order chi connectivity index (χ1) is 14.8. The highest BCUT2D eigenvalue weighted by molar-refractivity contribution is 7.91. The van der Waals surface area contributed by atoms with Gasteiger partial charge in [-0.1, -0.05) is 36.5 Å². The molecule has 0 saturated heterocycles. The van der Waals surface area contributed by atoms with Gasteiger partial charge in [-0.15, -0.1) is 6.58 Å². The largest absolute Gasteiger partial charge is 0.465 e. The average molecular weight is 459 g/mol. The monoisotopic (exact) mass is 458 g/mol. The Hall–Kier alpha value is -3.04. The molecule has 0 aliphatic heterocycles. The van der Waals surface area contributed by atoms with Gasteiger partial charge in [0.25, 0.3) is 5.91 Å². The first-order valence-electron chi connectivity index (χ1n) is 9.51. The molecular weight excluding hydrogens is 436 g/mol. The lowest BCUT2D eigenvalue weighted by atomic mass is 10.1. The average Bonchev–Trinajstić information content (AvgIpc) is 3.09. The fourth-order valence-corrected chi connectivity index (χ4v) is 4.99. The number of rotatable bonds is 7. The van der Waals surface area contributed by atoms with Crippen LogP contribution in [0.2, 0.25) is 0 Å². The van der Waals surface area contributed by atoms with E-state index in [1.807, 2.05) is 4.57 Å². The van der Waals surface area contributed by atoms with Crippen LogP contribution in [0.15, 0.2) is 65.0 Å². The minimum Gasteiger partial charge on any atom is -0.465 e. The molecule has 3 rings (SSSR count). The van der Waals surface area contributed by atoms with Crippen molar-refractivity contribution in [3.05, 3.63) is 71.0 Å². The minimum absolute atomic E-state index is 0.0214. The van der Waals surface area contributed by atoms with Crippen LogP contribution in [0.3, 0.4) is 0 Å². The molecular formula is C22H22N2O5S2. The Morgan fingerprint density at radius 2 is 1.90 bits per heavy atom. The molecule has 1 amide bonds. The van der Waals surface area contributed by atoms with E-state index >= 15 is 0 Å². The number of hydrogen-bond donors (Lipinski definition) is 0. The summed E-state index contributed by atoms with van der Waals surface area (Å²) in [7, 11) is -1.96. The lowest BCUT2D eigenvalue weighted by molar-refractivity contribution is -0.117. The van der Waals surface area contributed by atoms with Crippen molar-refractivity contribution in [2.45, 2.75) is 24.8 Å². The van der Waals surface area contributed by atoms with Crippen molar-refractivity contribution in [3.8, 4) is 0 Å². The molecule has 0 aliphatic rings. The number of benzene rings is 2. The fraction of sp³-hybridized carbons (Fsp3) is 0.227. The van der Waals surface area contributed by atoms with Gasteiger partial charge in [-0.25, -0.2) is 13.2 Å². The van der Waals surface area contributed by atoms with E-state index in [4.69, 9.17) is 4.74 Å². The molecule has 0 bridgehead atoms. The van der Waals surface area contributed by atoms with Crippen LogP contribution < -0.4 is 4.80 Å². The van der Waals surface area contributed by atoms with E-state index in [2.05, 4.69) is 11.6 Å². The van der Waals surface area contributed by atoms with Crippen LogP contribution in [-0.4, -0.2) is 37.7 Å². The Balaban J connectivity index is 1.93. The number of carbonyl (C=O) groups excluding carboxylic acids is 2. The van der Waals surface area contributed by atoms with Crippen molar-refractivity contribution in [3.63, 3.8) is 0 Å². The molecule has 3 aromatic rings. The third kappa shape index (κ3) is 5.00. The third-order valence-electron chi connectivity index (χ3n) is 4.65. The SMILES string of the molecule is C=CCn1c(=NC(=O)Cc2ccc(S(=O)(=O)CC)cc2)sc2cc(C(=O)OC)ccc21. The number of sulfone groups is 1. The van der Waals surface area contributed by atoms with Gasteiger partial charge in [0.1, 0.15) is 0 Å². The molecule has 0 unspecified atom stereocenters. The molecule has 162 valence electrons. The van der Waals surface area contributed by atoms with E-state index in [1.165, 1.54) is 30.6 Å². The smallest absolute Gasteiger partial charge is 0.337 e. The van der Waals surface area contributed by atoms with Gasteiger partial charge >= 0.3 is 5.97 Å². The van der Waals surface area contributed by atoms with Crippen LogP contribution >= 0.6 is 11.3 Å². The molecule has 0 radical (unpaired) electrons. The summed E-state index contributed by atoms with van der Waals surface area (Å²) in [5, 5.41) is 0. The normalized spacial score (nSPS) is 12.1. The van der Waals surface area contributed by atoms with Crippen molar-refractivity contribution < 1.29 is 22.7 Å². The zero-order valence-corrected chi connectivity index (χ0v) is 18.8. The first-order valence-corrected chi connectivity index (χ1v) is 12.0. The molecule has 0 N–H and O–H groups in total. The van der Waals surface area contributed by atoms with E-state index in [0.717, 1.165) is 10.2 Å². The highest BCUT2D eigenvalue weighted by atomic mass is 32.2. The fourth-order valence-electron chi connectivity index (χ4n) is 3.01. The number of amides is 1. The van der Waals surface area contributed by atoms with Gasteiger partial charge in [0.2, 0.25) is 0 Å². The molecule has 1 aromatic heterocycles. The van der Waals surface area contributed by atoms with Gasteiger partial charge in [-0.05, 0) is 35.9 Å². The number of nitrogens with zero attached hydrogens (tertiary/aromatic N) is 2. The van der Waals surface area contributed by atoms with E-state index in [0.29, 0.717) is 22.5 Å². The quantitative estimate of drug-likeness (QED) is 0.400. The Labute approximate surface area is 184 Å². The lowest BCUT2D eigenvalue weighted by Gasteiger charge is -2.03. The molecule has 1 heterocycles. The summed E-state index contributed by atoms with van der Waals surface area (Å²) in [5.41, 5.74) is 1.92. The summed E-state index contributed by atoms with van der Waals surface area (Å²) < 4.78 is 31.3. The highest BCUT2D eigenvalue weighted by Crippen LogP contribution is 2.20. The van der Waals surface area contributed by atoms with Gasteiger partial charge in [0.15, 0.2) is 14.6 Å². The second kappa shape index (κ2) is 9.40. The predicted molar refractivity (Wildman–Crippen MR) is 120 cm³/mol. The number of carbonyl (C=O) groups is 2. The molecule has 0 atom stereocenters. The van der Waals surface area contributed by atoms with Gasteiger partial charge in [0.05, 0.1) is 40.0 Å². The van der Waals surface area contributed by atoms with Crippen LogP contribution in [-0.2, 0) is 32.3 Å². The number of hydrogen-bond acceptors (Lipinski definition) is 6. The molecule has 0 spiro atoms. The van der Waals surface area contributed by atoms with E-state index in [9.17, 15) is 18.0 Å². The summed E-state index contributed by atoms with van der Waals surface area (Å²) in [5.74, 6) is -0.773. The van der Waals surface area contributed by atoms with E-state index in [1.54, 1.807) is 43.3 Å². The summed E-state index contributed by atoms with van der Waals surface area (Å²) in [6, 6.07) is 11.4. The Bertz CT molecular complexity index is 1320. The van der Waals surface area contributed by atoms with Gasteiger partial charge in [0, 0.05) is 6.54 Å².